The van der Waals surface area contributed by atoms with Crippen molar-refractivity contribution in [1.82, 2.24) is 9.78 Å². The number of anilines is 1. The molecule has 32 heavy (non-hydrogen) atoms. The molecule has 0 aliphatic rings. The van der Waals surface area contributed by atoms with Gasteiger partial charge in [0.05, 0.1) is 25.6 Å². The number of ether oxygens (including phenoxy) is 1. The molecule has 3 aromatic rings. The molecule has 2 aromatic carbocycles. The van der Waals surface area contributed by atoms with Crippen LogP contribution in [-0.4, -0.2) is 27.2 Å². The molecule has 1 N–H and O–H groups in total. The molecule has 0 saturated carbocycles. The summed E-state index contributed by atoms with van der Waals surface area (Å²) in [5.41, 5.74) is -2.36. The summed E-state index contributed by atoms with van der Waals surface area (Å²) in [5.74, 6) is -0.952. The van der Waals surface area contributed by atoms with Gasteiger partial charge in [-0.1, -0.05) is 53.0 Å². The number of halogens is 6. The Morgan fingerprint density at radius 1 is 1.19 bits per heavy atom. The van der Waals surface area contributed by atoms with E-state index >= 15 is 0 Å². The Hall–Kier alpha value is -3.02. The van der Waals surface area contributed by atoms with E-state index in [1.807, 2.05) is 0 Å². The van der Waals surface area contributed by atoms with Gasteiger partial charge in [0.1, 0.15) is 17.6 Å². The van der Waals surface area contributed by atoms with E-state index in [1.165, 1.54) is 0 Å². The third-order valence-corrected chi connectivity index (χ3v) is 5.11. The molecule has 1 heterocycles. The first-order chi connectivity index (χ1) is 15.0. The molecule has 0 aliphatic carbocycles. The number of nitrogens with one attached hydrogen (secondary N) is 1. The van der Waals surface area contributed by atoms with Gasteiger partial charge in [-0.2, -0.15) is 18.3 Å². The SMILES string of the molecule is O=C(COc1ccccc1)Nc1c([N+](=O)[O-])cnn1-c1c(Cl)cc(C(F)(F)F)c(Cl)c1Cl. The van der Waals surface area contributed by atoms with E-state index in [9.17, 15) is 28.1 Å². The molecular formula is C18H10Cl3F3N4O4. The molecule has 8 nitrogen and oxygen atoms in total. The van der Waals surface area contributed by atoms with Crippen molar-refractivity contribution in [3.8, 4) is 11.4 Å². The Kier molecular flexibility index (Phi) is 6.82. The van der Waals surface area contributed by atoms with Gasteiger partial charge in [-0.3, -0.25) is 14.9 Å². The monoisotopic (exact) mass is 508 g/mol. The van der Waals surface area contributed by atoms with Crippen LogP contribution in [0, 0.1) is 10.1 Å². The number of carbonyl (C=O) groups excluding carboxylic acids is 1. The normalized spacial score (nSPS) is 11.3. The van der Waals surface area contributed by atoms with E-state index in [4.69, 9.17) is 39.5 Å². The van der Waals surface area contributed by atoms with Crippen molar-refractivity contribution in [2.45, 2.75) is 6.18 Å². The molecule has 0 radical (unpaired) electrons. The van der Waals surface area contributed by atoms with Crippen LogP contribution >= 0.6 is 34.8 Å². The molecule has 0 spiro atoms. The van der Waals surface area contributed by atoms with Crippen LogP contribution in [0.25, 0.3) is 5.69 Å². The van der Waals surface area contributed by atoms with Gasteiger partial charge in [0.2, 0.25) is 5.82 Å². The Balaban J connectivity index is 2.00. The molecule has 0 saturated heterocycles. The first-order valence-electron chi connectivity index (χ1n) is 8.46. The highest BCUT2D eigenvalue weighted by Gasteiger charge is 2.37. The van der Waals surface area contributed by atoms with Crippen molar-refractivity contribution >= 4 is 52.2 Å². The second-order valence-electron chi connectivity index (χ2n) is 6.08. The summed E-state index contributed by atoms with van der Waals surface area (Å²) in [7, 11) is 0. The molecule has 1 aromatic heterocycles. The average molecular weight is 510 g/mol. The standard InChI is InChI=1S/C18H10Cl3F3N4O4/c19-11-6-10(18(22,23)24)14(20)15(21)16(11)27-17(12(7-25-27)28(30)31)26-13(29)8-32-9-4-2-1-3-5-9/h1-7H,8H2,(H,26,29). The van der Waals surface area contributed by atoms with Crippen LogP contribution in [0.1, 0.15) is 5.56 Å². The second kappa shape index (κ2) is 9.23. The molecule has 3 rings (SSSR count). The number of para-hydroxylation sites is 1. The minimum absolute atomic E-state index is 0.367. The molecule has 0 unspecified atom stereocenters. The average Bonchev–Trinajstić information content (AvgIpc) is 3.12. The van der Waals surface area contributed by atoms with E-state index < -0.39 is 61.4 Å². The zero-order chi connectivity index (χ0) is 23.6. The third kappa shape index (κ3) is 4.90. The number of nitrogens with zero attached hydrogens (tertiary/aromatic N) is 3. The zero-order valence-corrected chi connectivity index (χ0v) is 17.8. The van der Waals surface area contributed by atoms with Gasteiger partial charge < -0.3 is 10.1 Å². The topological polar surface area (TPSA) is 99.3 Å². The lowest BCUT2D eigenvalue weighted by atomic mass is 10.2. The number of aromatic nitrogens is 2. The smallest absolute Gasteiger partial charge is 0.417 e. The third-order valence-electron chi connectivity index (χ3n) is 3.97. The highest BCUT2D eigenvalue weighted by molar-refractivity contribution is 6.45. The predicted octanol–water partition coefficient (Wildman–Crippen LogP) is 5.78. The number of benzene rings is 2. The molecule has 0 atom stereocenters. The minimum Gasteiger partial charge on any atom is -0.484 e. The maximum Gasteiger partial charge on any atom is 0.417 e. The highest BCUT2D eigenvalue weighted by atomic mass is 35.5. The quantitative estimate of drug-likeness (QED) is 0.258. The lowest BCUT2D eigenvalue weighted by molar-refractivity contribution is -0.384. The van der Waals surface area contributed by atoms with E-state index in [2.05, 4.69) is 10.4 Å². The number of hydrogen-bond acceptors (Lipinski definition) is 5. The fraction of sp³-hybridized carbons (Fsp3) is 0.111. The van der Waals surface area contributed by atoms with Crippen LogP contribution in [0.2, 0.25) is 15.1 Å². The Morgan fingerprint density at radius 3 is 2.44 bits per heavy atom. The molecule has 0 aliphatic heterocycles. The van der Waals surface area contributed by atoms with Crippen molar-refractivity contribution in [3.63, 3.8) is 0 Å². The summed E-state index contributed by atoms with van der Waals surface area (Å²) >= 11 is 17.7. The maximum atomic E-state index is 13.1. The van der Waals surface area contributed by atoms with E-state index in [-0.39, 0.29) is 0 Å². The predicted molar refractivity (Wildman–Crippen MR) is 111 cm³/mol. The van der Waals surface area contributed by atoms with Crippen LogP contribution in [-0.2, 0) is 11.0 Å². The van der Waals surface area contributed by atoms with Crippen LogP contribution in [0.5, 0.6) is 5.75 Å². The number of nitro groups is 1. The van der Waals surface area contributed by atoms with Gasteiger partial charge in [-0.05, 0) is 18.2 Å². The van der Waals surface area contributed by atoms with Gasteiger partial charge in [0.15, 0.2) is 6.61 Å². The minimum atomic E-state index is -4.86. The summed E-state index contributed by atoms with van der Waals surface area (Å²) in [6.07, 6.45) is -4.09. The van der Waals surface area contributed by atoms with Gasteiger partial charge in [-0.15, -0.1) is 0 Å². The highest BCUT2D eigenvalue weighted by Crippen LogP contribution is 2.45. The summed E-state index contributed by atoms with van der Waals surface area (Å²) in [6.45, 7) is -0.526. The van der Waals surface area contributed by atoms with Gasteiger partial charge in [-0.25, -0.2) is 4.68 Å². The largest absolute Gasteiger partial charge is 0.484 e. The lowest BCUT2D eigenvalue weighted by Gasteiger charge is -2.16. The summed E-state index contributed by atoms with van der Waals surface area (Å²) in [5, 5.41) is 15.3. The van der Waals surface area contributed by atoms with Crippen LogP contribution in [0.3, 0.4) is 0 Å². The summed E-state index contributed by atoms with van der Waals surface area (Å²) < 4.78 is 45.4. The molecule has 14 heteroatoms. The van der Waals surface area contributed by atoms with Crippen molar-refractivity contribution in [2.75, 3.05) is 11.9 Å². The maximum absolute atomic E-state index is 13.1. The number of amides is 1. The van der Waals surface area contributed by atoms with Crippen LogP contribution in [0.15, 0.2) is 42.6 Å². The number of alkyl halides is 3. The van der Waals surface area contributed by atoms with Crippen molar-refractivity contribution in [1.29, 1.82) is 0 Å². The molecule has 1 amide bonds. The van der Waals surface area contributed by atoms with Gasteiger partial charge >= 0.3 is 11.9 Å². The Bertz CT molecular complexity index is 1190. The molecule has 168 valence electrons. The summed E-state index contributed by atoms with van der Waals surface area (Å²) in [6, 6.07) is 8.75. The lowest BCUT2D eigenvalue weighted by Crippen LogP contribution is -2.22. The van der Waals surface area contributed by atoms with E-state index in [0.29, 0.717) is 11.8 Å². The van der Waals surface area contributed by atoms with Crippen LogP contribution in [0.4, 0.5) is 24.7 Å². The molecule has 0 bridgehead atoms. The van der Waals surface area contributed by atoms with Crippen molar-refractivity contribution < 1.29 is 27.6 Å². The van der Waals surface area contributed by atoms with Crippen molar-refractivity contribution in [3.05, 3.63) is 73.3 Å². The Labute approximate surface area is 192 Å². The number of carbonyl (C=O) groups is 1. The molecular weight excluding hydrogens is 500 g/mol. The van der Waals surface area contributed by atoms with E-state index in [1.54, 1.807) is 30.3 Å². The van der Waals surface area contributed by atoms with Gasteiger partial charge in [0, 0.05) is 0 Å². The number of rotatable bonds is 6. The Morgan fingerprint density at radius 2 is 1.84 bits per heavy atom. The first-order valence-corrected chi connectivity index (χ1v) is 9.59. The fourth-order valence-electron chi connectivity index (χ4n) is 2.58. The first kappa shape index (κ1) is 23.6. The number of hydrogen-bond donors (Lipinski definition) is 1. The molecule has 0 fully saturated rings. The van der Waals surface area contributed by atoms with Gasteiger partial charge in [0.25, 0.3) is 5.91 Å². The van der Waals surface area contributed by atoms with Crippen LogP contribution < -0.4 is 10.1 Å². The van der Waals surface area contributed by atoms with E-state index in [0.717, 1.165) is 10.9 Å². The fourth-order valence-corrected chi connectivity index (χ4v) is 3.45. The van der Waals surface area contributed by atoms with Crippen molar-refractivity contribution in [2.24, 2.45) is 0 Å². The zero-order valence-electron chi connectivity index (χ0n) is 15.5. The summed E-state index contributed by atoms with van der Waals surface area (Å²) in [4.78, 5) is 22.8. The second-order valence-corrected chi connectivity index (χ2v) is 7.24.